The molecule has 0 fully saturated rings. The minimum Gasteiger partial charge on any atom is -0.244 e. The van der Waals surface area contributed by atoms with Crippen LogP contribution < -0.4 is 0 Å². The highest BCUT2D eigenvalue weighted by Crippen LogP contribution is 2.31. The van der Waals surface area contributed by atoms with Crippen molar-refractivity contribution >= 4 is 34.4 Å². The molecule has 0 bridgehead atoms. The summed E-state index contributed by atoms with van der Waals surface area (Å²) in [6.07, 6.45) is 3.42. The average Bonchev–Trinajstić information content (AvgIpc) is 2.32. The summed E-state index contributed by atoms with van der Waals surface area (Å²) in [6.45, 7) is 6.67. The van der Waals surface area contributed by atoms with Crippen LogP contribution in [0, 0.1) is 3.57 Å². The van der Waals surface area contributed by atoms with Gasteiger partial charge >= 0.3 is 0 Å². The monoisotopic (exact) mass is 370 g/mol. The Balaban J connectivity index is 2.19. The van der Waals surface area contributed by atoms with Gasteiger partial charge in [-0.3, -0.25) is 0 Å². The van der Waals surface area contributed by atoms with Crippen molar-refractivity contribution in [1.29, 1.82) is 0 Å². The predicted molar refractivity (Wildman–Crippen MR) is 84.0 cm³/mol. The van der Waals surface area contributed by atoms with Gasteiger partial charge in [0, 0.05) is 11.1 Å². The second-order valence-corrected chi connectivity index (χ2v) is 7.28. The molecule has 18 heavy (non-hydrogen) atoms. The lowest BCUT2D eigenvalue weighted by atomic mass is 9.87. The topological polar surface area (TPSA) is 25.8 Å². The van der Waals surface area contributed by atoms with Crippen molar-refractivity contribution in [2.24, 2.45) is 0 Å². The summed E-state index contributed by atoms with van der Waals surface area (Å²) in [5, 5.41) is 1.01. The maximum Gasteiger partial charge on any atom is 0.118 e. The highest BCUT2D eigenvalue weighted by Gasteiger charge is 2.13. The zero-order valence-corrected chi connectivity index (χ0v) is 13.6. The summed E-state index contributed by atoms with van der Waals surface area (Å²) in [5.41, 5.74) is 1.55. The summed E-state index contributed by atoms with van der Waals surface area (Å²) >= 11 is 3.94. The van der Waals surface area contributed by atoms with E-state index >= 15 is 0 Å². The molecule has 2 nitrogen and oxygen atoms in total. The Bertz CT molecular complexity index is 532. The first-order valence-corrected chi connectivity index (χ1v) is 7.60. The van der Waals surface area contributed by atoms with Crippen molar-refractivity contribution in [3.63, 3.8) is 0 Å². The van der Waals surface area contributed by atoms with E-state index in [4.69, 9.17) is 0 Å². The Morgan fingerprint density at radius 1 is 1.11 bits per heavy atom. The smallest absolute Gasteiger partial charge is 0.118 e. The first-order chi connectivity index (χ1) is 8.47. The first kappa shape index (κ1) is 13.8. The molecule has 2 aromatic rings. The molecule has 1 aromatic heterocycles. The highest BCUT2D eigenvalue weighted by atomic mass is 127. The maximum absolute atomic E-state index is 4.29. The fraction of sp³-hybridized carbons (Fsp3) is 0.286. The molecular formula is C14H15IN2S. The van der Waals surface area contributed by atoms with Gasteiger partial charge in [-0.1, -0.05) is 44.7 Å². The van der Waals surface area contributed by atoms with Crippen molar-refractivity contribution in [3.05, 3.63) is 45.9 Å². The van der Waals surface area contributed by atoms with Crippen LogP contribution >= 0.6 is 34.4 Å². The molecule has 0 atom stereocenters. The van der Waals surface area contributed by atoms with Gasteiger partial charge in [-0.05, 0) is 45.7 Å². The number of aromatic nitrogens is 2. The standard InChI is InChI=1S/C14H15IN2S/c1-14(2,3)10-4-6-11(7-5-10)18-13-12(15)8-16-9-17-13/h4-9H,1-3H3. The molecule has 0 aliphatic carbocycles. The van der Waals surface area contributed by atoms with Crippen LogP contribution in [0.15, 0.2) is 46.7 Å². The van der Waals surface area contributed by atoms with Crippen molar-refractivity contribution in [3.8, 4) is 0 Å². The van der Waals surface area contributed by atoms with E-state index in [2.05, 4.69) is 77.6 Å². The van der Waals surface area contributed by atoms with Crippen LogP contribution in [0.4, 0.5) is 0 Å². The maximum atomic E-state index is 4.29. The summed E-state index contributed by atoms with van der Waals surface area (Å²) in [6, 6.07) is 8.69. The van der Waals surface area contributed by atoms with E-state index in [1.165, 1.54) is 10.5 Å². The lowest BCUT2D eigenvalue weighted by Crippen LogP contribution is -2.10. The van der Waals surface area contributed by atoms with Crippen LogP contribution in [0.25, 0.3) is 0 Å². The largest absolute Gasteiger partial charge is 0.244 e. The molecule has 94 valence electrons. The number of nitrogens with zero attached hydrogens (tertiary/aromatic N) is 2. The minimum atomic E-state index is 0.201. The molecule has 0 radical (unpaired) electrons. The fourth-order valence-corrected chi connectivity index (χ4v) is 2.89. The van der Waals surface area contributed by atoms with E-state index in [0.29, 0.717) is 0 Å². The van der Waals surface area contributed by atoms with Gasteiger partial charge in [0.2, 0.25) is 0 Å². The zero-order valence-electron chi connectivity index (χ0n) is 10.6. The zero-order chi connectivity index (χ0) is 13.2. The Kier molecular flexibility index (Phi) is 4.27. The van der Waals surface area contributed by atoms with Gasteiger partial charge in [0.15, 0.2) is 0 Å². The second kappa shape index (κ2) is 5.57. The molecule has 0 unspecified atom stereocenters. The third kappa shape index (κ3) is 3.45. The fourth-order valence-electron chi connectivity index (χ4n) is 1.51. The van der Waals surface area contributed by atoms with E-state index < -0.39 is 0 Å². The lowest BCUT2D eigenvalue weighted by Gasteiger charge is -2.19. The summed E-state index contributed by atoms with van der Waals surface area (Å²) in [5.74, 6) is 0. The van der Waals surface area contributed by atoms with E-state index in [9.17, 15) is 0 Å². The third-order valence-corrected chi connectivity index (χ3v) is 4.75. The van der Waals surface area contributed by atoms with E-state index in [0.717, 1.165) is 8.60 Å². The van der Waals surface area contributed by atoms with Gasteiger partial charge in [0.25, 0.3) is 0 Å². The summed E-state index contributed by atoms with van der Waals surface area (Å²) < 4.78 is 1.08. The van der Waals surface area contributed by atoms with Crippen LogP contribution in [0.1, 0.15) is 26.3 Å². The third-order valence-electron chi connectivity index (χ3n) is 2.57. The number of halogens is 1. The van der Waals surface area contributed by atoms with Gasteiger partial charge in [0.05, 0.1) is 3.57 Å². The molecular weight excluding hydrogens is 355 g/mol. The Labute approximate surface area is 126 Å². The van der Waals surface area contributed by atoms with Gasteiger partial charge in [0.1, 0.15) is 11.4 Å². The SMILES string of the molecule is CC(C)(C)c1ccc(Sc2ncncc2I)cc1. The Morgan fingerprint density at radius 2 is 1.78 bits per heavy atom. The average molecular weight is 370 g/mol. The molecule has 0 N–H and O–H groups in total. The normalized spacial score (nSPS) is 11.6. The molecule has 0 saturated heterocycles. The van der Waals surface area contributed by atoms with Gasteiger partial charge in [-0.15, -0.1) is 0 Å². The molecule has 0 amide bonds. The second-order valence-electron chi connectivity index (χ2n) is 5.05. The van der Waals surface area contributed by atoms with E-state index in [-0.39, 0.29) is 5.41 Å². The van der Waals surface area contributed by atoms with E-state index in [1.807, 2.05) is 6.20 Å². The van der Waals surface area contributed by atoms with E-state index in [1.54, 1.807) is 18.1 Å². The van der Waals surface area contributed by atoms with Crippen LogP contribution in [0.2, 0.25) is 0 Å². The first-order valence-electron chi connectivity index (χ1n) is 5.71. The number of hydrogen-bond donors (Lipinski definition) is 0. The Morgan fingerprint density at radius 3 is 2.33 bits per heavy atom. The number of hydrogen-bond acceptors (Lipinski definition) is 3. The van der Waals surface area contributed by atoms with Crippen LogP contribution in [-0.2, 0) is 5.41 Å². The van der Waals surface area contributed by atoms with Gasteiger partial charge in [-0.2, -0.15) is 0 Å². The predicted octanol–water partition coefficient (Wildman–Crippen LogP) is 4.53. The van der Waals surface area contributed by atoms with Crippen molar-refractivity contribution in [1.82, 2.24) is 9.97 Å². The lowest BCUT2D eigenvalue weighted by molar-refractivity contribution is 0.590. The van der Waals surface area contributed by atoms with Gasteiger partial charge < -0.3 is 0 Å². The molecule has 0 saturated carbocycles. The van der Waals surface area contributed by atoms with Crippen molar-refractivity contribution in [2.45, 2.75) is 36.1 Å². The molecule has 0 aliphatic heterocycles. The van der Waals surface area contributed by atoms with Gasteiger partial charge in [-0.25, -0.2) is 9.97 Å². The minimum absolute atomic E-state index is 0.201. The highest BCUT2D eigenvalue weighted by molar-refractivity contribution is 14.1. The van der Waals surface area contributed by atoms with Crippen molar-refractivity contribution < 1.29 is 0 Å². The summed E-state index contributed by atoms with van der Waals surface area (Å²) in [7, 11) is 0. The molecule has 2 rings (SSSR count). The summed E-state index contributed by atoms with van der Waals surface area (Å²) in [4.78, 5) is 9.50. The number of benzene rings is 1. The number of rotatable bonds is 2. The van der Waals surface area contributed by atoms with Crippen LogP contribution in [0.5, 0.6) is 0 Å². The molecule has 0 spiro atoms. The Hall–Kier alpha value is -0.620. The molecule has 1 heterocycles. The van der Waals surface area contributed by atoms with Crippen LogP contribution in [-0.4, -0.2) is 9.97 Å². The molecule has 4 heteroatoms. The molecule has 0 aliphatic rings. The molecule has 1 aromatic carbocycles. The van der Waals surface area contributed by atoms with Crippen molar-refractivity contribution in [2.75, 3.05) is 0 Å². The quantitative estimate of drug-likeness (QED) is 0.574. The van der Waals surface area contributed by atoms with Crippen LogP contribution in [0.3, 0.4) is 0 Å².